The fourth-order valence-corrected chi connectivity index (χ4v) is 3.17. The summed E-state index contributed by atoms with van der Waals surface area (Å²) < 4.78 is 2.18. The average Bonchev–Trinajstić information content (AvgIpc) is 3.09. The Kier molecular flexibility index (Phi) is 5.28. The molecule has 1 saturated heterocycles. The van der Waals surface area contributed by atoms with Crippen molar-refractivity contribution in [3.63, 3.8) is 0 Å². The van der Waals surface area contributed by atoms with E-state index in [9.17, 15) is 9.59 Å². The first-order valence-electron chi connectivity index (χ1n) is 8.54. The normalized spacial score (nSPS) is 17.9. The maximum Gasteiger partial charge on any atom is 0.273 e. The summed E-state index contributed by atoms with van der Waals surface area (Å²) >= 11 is 0. The second kappa shape index (κ2) is 7.60. The molecule has 0 bridgehead atoms. The van der Waals surface area contributed by atoms with Crippen LogP contribution < -0.4 is 5.56 Å². The number of aromatic nitrogens is 4. The summed E-state index contributed by atoms with van der Waals surface area (Å²) in [5.74, 6) is 1.11. The van der Waals surface area contributed by atoms with Gasteiger partial charge in [0.25, 0.3) is 11.5 Å². The van der Waals surface area contributed by atoms with Crippen LogP contribution in [0.15, 0.2) is 29.6 Å². The Labute approximate surface area is 146 Å². The number of carbonyl (C=O) groups excluding carboxylic acids is 1. The van der Waals surface area contributed by atoms with E-state index < -0.39 is 0 Å². The van der Waals surface area contributed by atoms with Crippen LogP contribution in [0.25, 0.3) is 0 Å². The number of carbonyl (C=O) groups is 1. The molecular formula is C17H24N6O2. The maximum absolute atomic E-state index is 12.6. The Morgan fingerprint density at radius 3 is 2.96 bits per heavy atom. The van der Waals surface area contributed by atoms with E-state index in [-0.39, 0.29) is 23.1 Å². The minimum Gasteiger partial charge on any atom is -0.337 e. The van der Waals surface area contributed by atoms with Crippen LogP contribution in [0.3, 0.4) is 0 Å². The Morgan fingerprint density at radius 2 is 2.24 bits per heavy atom. The Bertz CT molecular complexity index is 761. The highest BCUT2D eigenvalue weighted by molar-refractivity contribution is 5.92. The zero-order chi connectivity index (χ0) is 17.8. The van der Waals surface area contributed by atoms with E-state index >= 15 is 0 Å². The standard InChI is InChI=1S/C17H24N6O2/c1-21(2)8-9-22-7-5-18-16(22)13-4-3-6-23(12-13)17(25)14-10-20-15(24)11-19-14/h5,7,10-11,13H,3-4,6,8-9,12H2,1-2H3,(H,20,24)/t13-/m0/s1. The monoisotopic (exact) mass is 344 g/mol. The zero-order valence-electron chi connectivity index (χ0n) is 14.7. The van der Waals surface area contributed by atoms with E-state index in [0.29, 0.717) is 13.1 Å². The summed E-state index contributed by atoms with van der Waals surface area (Å²) in [5.41, 5.74) is -0.0350. The predicted octanol–water partition coefficient (Wildman–Crippen LogP) is 0.548. The lowest BCUT2D eigenvalue weighted by molar-refractivity contribution is 0.0696. The number of nitrogens with zero attached hydrogens (tertiary/aromatic N) is 5. The Hall–Kier alpha value is -2.48. The van der Waals surface area contributed by atoms with Gasteiger partial charge in [0.05, 0.1) is 6.20 Å². The van der Waals surface area contributed by atoms with Gasteiger partial charge in [-0.05, 0) is 26.9 Å². The highest BCUT2D eigenvalue weighted by atomic mass is 16.2. The molecule has 3 heterocycles. The third kappa shape index (κ3) is 4.14. The molecule has 1 N–H and O–H groups in total. The minimum atomic E-state index is -0.309. The van der Waals surface area contributed by atoms with Gasteiger partial charge in [-0.1, -0.05) is 0 Å². The second-order valence-corrected chi connectivity index (χ2v) is 6.67. The van der Waals surface area contributed by atoms with Gasteiger partial charge in [0.15, 0.2) is 0 Å². The van der Waals surface area contributed by atoms with Gasteiger partial charge >= 0.3 is 0 Å². The van der Waals surface area contributed by atoms with Crippen molar-refractivity contribution in [3.05, 3.63) is 46.7 Å². The second-order valence-electron chi connectivity index (χ2n) is 6.67. The largest absolute Gasteiger partial charge is 0.337 e. The maximum atomic E-state index is 12.6. The quantitative estimate of drug-likeness (QED) is 0.856. The molecule has 0 saturated carbocycles. The van der Waals surface area contributed by atoms with Crippen molar-refractivity contribution in [2.24, 2.45) is 0 Å². The van der Waals surface area contributed by atoms with Crippen molar-refractivity contribution in [2.45, 2.75) is 25.3 Å². The summed E-state index contributed by atoms with van der Waals surface area (Å²) in [6.07, 6.45) is 8.30. The summed E-state index contributed by atoms with van der Waals surface area (Å²) in [7, 11) is 4.10. The number of hydrogen-bond acceptors (Lipinski definition) is 5. The van der Waals surface area contributed by atoms with Crippen LogP contribution in [0.4, 0.5) is 0 Å². The van der Waals surface area contributed by atoms with E-state index in [1.54, 1.807) is 4.90 Å². The van der Waals surface area contributed by atoms with E-state index in [0.717, 1.165) is 38.0 Å². The van der Waals surface area contributed by atoms with E-state index in [1.807, 2.05) is 12.4 Å². The molecule has 2 aromatic rings. The lowest BCUT2D eigenvalue weighted by Crippen LogP contribution is -2.40. The van der Waals surface area contributed by atoms with Crippen LogP contribution in [-0.2, 0) is 6.54 Å². The van der Waals surface area contributed by atoms with Crippen molar-refractivity contribution >= 4 is 5.91 Å². The molecule has 8 nitrogen and oxygen atoms in total. The molecule has 1 fully saturated rings. The molecule has 1 aliphatic heterocycles. The highest BCUT2D eigenvalue weighted by Crippen LogP contribution is 2.26. The number of nitrogens with one attached hydrogen (secondary N) is 1. The van der Waals surface area contributed by atoms with Crippen LogP contribution in [0.1, 0.15) is 35.1 Å². The molecule has 2 aromatic heterocycles. The summed E-state index contributed by atoms with van der Waals surface area (Å²) in [4.78, 5) is 38.7. The van der Waals surface area contributed by atoms with Gasteiger partial charge in [-0.2, -0.15) is 0 Å². The molecule has 25 heavy (non-hydrogen) atoms. The summed E-state index contributed by atoms with van der Waals surface area (Å²) in [5, 5.41) is 0. The molecular weight excluding hydrogens is 320 g/mol. The van der Waals surface area contributed by atoms with Gasteiger partial charge in [0.1, 0.15) is 11.5 Å². The molecule has 0 aromatic carbocycles. The number of hydrogen-bond donors (Lipinski definition) is 1. The third-order valence-corrected chi connectivity index (χ3v) is 4.50. The molecule has 3 rings (SSSR count). The number of rotatable bonds is 5. The number of piperidine rings is 1. The summed E-state index contributed by atoms with van der Waals surface area (Å²) in [6, 6.07) is 0. The third-order valence-electron chi connectivity index (χ3n) is 4.50. The number of likely N-dealkylation sites (tertiary alicyclic amines) is 1. The first-order valence-corrected chi connectivity index (χ1v) is 8.54. The summed E-state index contributed by atoms with van der Waals surface area (Å²) in [6.45, 7) is 3.15. The number of likely N-dealkylation sites (N-methyl/N-ethyl adjacent to an activating group) is 1. The van der Waals surface area contributed by atoms with Gasteiger partial charge in [-0.25, -0.2) is 9.97 Å². The fraction of sp³-hybridized carbons (Fsp3) is 0.529. The molecule has 0 aliphatic carbocycles. The topological polar surface area (TPSA) is 87.1 Å². The molecule has 0 radical (unpaired) electrons. The first kappa shape index (κ1) is 17.3. The van der Waals surface area contributed by atoms with Crippen LogP contribution in [0.2, 0.25) is 0 Å². The van der Waals surface area contributed by atoms with Gasteiger partial charge < -0.3 is 19.4 Å². The predicted molar refractivity (Wildman–Crippen MR) is 93.5 cm³/mol. The molecule has 0 unspecified atom stereocenters. The first-order chi connectivity index (χ1) is 12.0. The number of imidazole rings is 1. The van der Waals surface area contributed by atoms with E-state index in [2.05, 4.69) is 38.5 Å². The Balaban J connectivity index is 1.71. The fourth-order valence-electron chi connectivity index (χ4n) is 3.17. The zero-order valence-corrected chi connectivity index (χ0v) is 14.7. The minimum absolute atomic E-state index is 0.146. The Morgan fingerprint density at radius 1 is 1.40 bits per heavy atom. The van der Waals surface area contributed by atoms with Gasteiger partial charge in [-0.3, -0.25) is 9.59 Å². The highest BCUT2D eigenvalue weighted by Gasteiger charge is 2.28. The lowest BCUT2D eigenvalue weighted by Gasteiger charge is -2.32. The molecule has 1 aliphatic rings. The van der Waals surface area contributed by atoms with Crippen LogP contribution in [-0.4, -0.2) is 69.0 Å². The van der Waals surface area contributed by atoms with Gasteiger partial charge in [0, 0.05) is 50.7 Å². The van der Waals surface area contributed by atoms with Crippen LogP contribution in [0, 0.1) is 0 Å². The van der Waals surface area contributed by atoms with Gasteiger partial charge in [-0.15, -0.1) is 0 Å². The number of amides is 1. The van der Waals surface area contributed by atoms with E-state index in [4.69, 9.17) is 0 Å². The smallest absolute Gasteiger partial charge is 0.273 e. The van der Waals surface area contributed by atoms with Crippen LogP contribution >= 0.6 is 0 Å². The van der Waals surface area contributed by atoms with Crippen molar-refractivity contribution in [1.82, 2.24) is 29.3 Å². The van der Waals surface area contributed by atoms with E-state index in [1.165, 1.54) is 6.20 Å². The number of H-pyrrole nitrogens is 1. The van der Waals surface area contributed by atoms with Crippen molar-refractivity contribution in [2.75, 3.05) is 33.7 Å². The SMILES string of the molecule is CN(C)CCn1ccnc1[C@H]1CCCN(C(=O)c2c[nH]c(=O)cn2)C1. The van der Waals surface area contributed by atoms with Crippen molar-refractivity contribution in [3.8, 4) is 0 Å². The van der Waals surface area contributed by atoms with Crippen molar-refractivity contribution in [1.29, 1.82) is 0 Å². The molecule has 1 amide bonds. The van der Waals surface area contributed by atoms with Gasteiger partial charge in [0.2, 0.25) is 0 Å². The van der Waals surface area contributed by atoms with Crippen LogP contribution in [0.5, 0.6) is 0 Å². The molecule has 134 valence electrons. The molecule has 8 heteroatoms. The lowest BCUT2D eigenvalue weighted by atomic mass is 9.97. The molecule has 0 spiro atoms. The molecule has 1 atom stereocenters. The van der Waals surface area contributed by atoms with Crippen molar-refractivity contribution < 1.29 is 4.79 Å². The average molecular weight is 344 g/mol. The number of aromatic amines is 1.